The van der Waals surface area contributed by atoms with Gasteiger partial charge in [-0.05, 0) is 142 Å². The highest BCUT2D eigenvalue weighted by atomic mass is 16.5. The third-order valence-corrected chi connectivity index (χ3v) is 12.7. The molecule has 4 nitrogen and oxygen atoms in total. The lowest BCUT2D eigenvalue weighted by atomic mass is 9.86. The maximum atomic E-state index is 6.01. The molecule has 0 bridgehead atoms. The largest absolute Gasteiger partial charge is 0.466 e. The summed E-state index contributed by atoms with van der Waals surface area (Å²) in [5, 5.41) is 3.56. The SMILES string of the molecule is C=COc1ccc2c(c1)c1cc(C(C)(C)C)ccc1n2-c1ccc(CCC)c(-c2ccccc2C)c1.CC(C)(C)c1ccc2c(c1)CCN2C1=C=Cc2c(oc3ccccc23)C=C1. The molecule has 1 aliphatic heterocycles. The number of benzene rings is 6. The Kier molecular flexibility index (Phi) is 10.9. The zero-order valence-corrected chi connectivity index (χ0v) is 38.1. The average Bonchev–Trinajstić information content (AvgIpc) is 3.90. The molecule has 0 saturated heterocycles. The van der Waals surface area contributed by atoms with Crippen molar-refractivity contribution >= 4 is 50.6 Å². The number of ether oxygens (including phenoxy) is 1. The van der Waals surface area contributed by atoms with Gasteiger partial charge in [0.25, 0.3) is 0 Å². The number of aryl methyl sites for hydroxylation is 2. The fourth-order valence-electron chi connectivity index (χ4n) is 9.23. The van der Waals surface area contributed by atoms with Crippen molar-refractivity contribution in [2.24, 2.45) is 0 Å². The standard InChI is InChI=1S/C34H35NO.C25H23NO/c1-7-11-24-14-16-26(21-29(24)28-13-10-9-12-23(28)3)35-32-18-15-25(34(4,5)6)20-30(32)31-22-27(36-8-2)17-19-33(31)35;1-25(2,3)18-8-12-22-17(16-18)14-15-26(22)19-9-11-21-20-6-4-5-7-23(20)27-24(21)13-10-19/h8-10,12-22H,2,7,11H2,1,3-6H3;4-8,10-13,16H,14-15H2,1-3H3. The first kappa shape index (κ1) is 41.6. The molecule has 3 heterocycles. The average molecular weight is 827 g/mol. The Morgan fingerprint density at radius 3 is 2.21 bits per heavy atom. The maximum Gasteiger partial charge on any atom is 0.136 e. The molecular formula is C59H58N2O2. The van der Waals surface area contributed by atoms with E-state index in [1.165, 1.54) is 78.4 Å². The van der Waals surface area contributed by atoms with Gasteiger partial charge < -0.3 is 18.6 Å². The van der Waals surface area contributed by atoms with Crippen molar-refractivity contribution < 1.29 is 9.15 Å². The molecule has 0 spiro atoms. The van der Waals surface area contributed by atoms with Crippen LogP contribution in [0.25, 0.3) is 61.7 Å². The first-order valence-corrected chi connectivity index (χ1v) is 22.4. The number of hydrogen-bond donors (Lipinski definition) is 0. The second kappa shape index (κ2) is 16.5. The van der Waals surface area contributed by atoms with Crippen molar-refractivity contribution in [1.29, 1.82) is 0 Å². The van der Waals surface area contributed by atoms with Gasteiger partial charge in [-0.15, -0.1) is 0 Å². The van der Waals surface area contributed by atoms with Gasteiger partial charge in [-0.25, -0.2) is 0 Å². The molecule has 63 heavy (non-hydrogen) atoms. The molecule has 0 atom stereocenters. The summed E-state index contributed by atoms with van der Waals surface area (Å²) in [6.07, 6.45) is 11.0. The van der Waals surface area contributed by atoms with E-state index in [-0.39, 0.29) is 10.8 Å². The first-order valence-electron chi connectivity index (χ1n) is 22.4. The Labute approximate surface area is 373 Å². The smallest absolute Gasteiger partial charge is 0.136 e. The monoisotopic (exact) mass is 826 g/mol. The van der Waals surface area contributed by atoms with E-state index < -0.39 is 0 Å². The molecule has 0 N–H and O–H groups in total. The summed E-state index contributed by atoms with van der Waals surface area (Å²) in [4.78, 5) is 2.36. The van der Waals surface area contributed by atoms with Crippen LogP contribution in [0.15, 0.2) is 156 Å². The highest BCUT2D eigenvalue weighted by Crippen LogP contribution is 2.40. The summed E-state index contributed by atoms with van der Waals surface area (Å²) in [6.45, 7) is 22.8. The van der Waals surface area contributed by atoms with Gasteiger partial charge in [-0.1, -0.05) is 134 Å². The molecule has 10 rings (SSSR count). The number of fused-ring (bicyclic) bond motifs is 7. The van der Waals surface area contributed by atoms with Gasteiger partial charge in [0, 0.05) is 39.6 Å². The van der Waals surface area contributed by atoms with Crippen LogP contribution in [-0.2, 0) is 23.7 Å². The molecule has 0 radical (unpaired) electrons. The minimum Gasteiger partial charge on any atom is -0.466 e. The summed E-state index contributed by atoms with van der Waals surface area (Å²) >= 11 is 0. The van der Waals surface area contributed by atoms with Crippen molar-refractivity contribution in [1.82, 2.24) is 4.57 Å². The van der Waals surface area contributed by atoms with Crippen LogP contribution in [0, 0.1) is 6.92 Å². The fraction of sp³-hybridized carbons (Fsp3) is 0.237. The quantitative estimate of drug-likeness (QED) is 0.118. The molecule has 316 valence electrons. The van der Waals surface area contributed by atoms with Crippen molar-refractivity contribution in [2.45, 2.75) is 85.5 Å². The lowest BCUT2D eigenvalue weighted by Crippen LogP contribution is -2.18. The topological polar surface area (TPSA) is 30.5 Å². The number of anilines is 1. The van der Waals surface area contributed by atoms with E-state index in [4.69, 9.17) is 9.15 Å². The third kappa shape index (κ3) is 7.97. The molecule has 8 aromatic rings. The Hall–Kier alpha value is -6.74. The van der Waals surface area contributed by atoms with Crippen LogP contribution in [0.3, 0.4) is 0 Å². The predicted octanol–water partition coefficient (Wildman–Crippen LogP) is 15.8. The van der Waals surface area contributed by atoms with Gasteiger partial charge in [-0.2, -0.15) is 0 Å². The van der Waals surface area contributed by atoms with Crippen molar-refractivity contribution in [3.63, 3.8) is 0 Å². The van der Waals surface area contributed by atoms with E-state index >= 15 is 0 Å². The Morgan fingerprint density at radius 2 is 1.44 bits per heavy atom. The molecule has 0 unspecified atom stereocenters. The van der Waals surface area contributed by atoms with Crippen molar-refractivity contribution in [3.05, 3.63) is 191 Å². The summed E-state index contributed by atoms with van der Waals surface area (Å²) in [6, 6.07) is 44.0. The van der Waals surface area contributed by atoms with Crippen molar-refractivity contribution in [2.75, 3.05) is 11.4 Å². The second-order valence-corrected chi connectivity index (χ2v) is 19.1. The molecule has 6 aromatic carbocycles. The lowest BCUT2D eigenvalue weighted by molar-refractivity contribution is 0.484. The van der Waals surface area contributed by atoms with Crippen LogP contribution in [0.1, 0.15) is 94.0 Å². The third-order valence-electron chi connectivity index (χ3n) is 12.7. The first-order chi connectivity index (χ1) is 30.3. The number of para-hydroxylation sites is 1. The molecule has 0 amide bonds. The Morgan fingerprint density at radius 1 is 0.730 bits per heavy atom. The van der Waals surface area contributed by atoms with Crippen LogP contribution in [0.5, 0.6) is 5.75 Å². The van der Waals surface area contributed by atoms with Crippen LogP contribution in [0.2, 0.25) is 0 Å². The van der Waals surface area contributed by atoms with Gasteiger partial charge >= 0.3 is 0 Å². The minimum absolute atomic E-state index is 0.0671. The Bertz CT molecular complexity index is 3150. The Balaban J connectivity index is 0.000000166. The van der Waals surface area contributed by atoms with Crippen LogP contribution < -0.4 is 9.64 Å². The van der Waals surface area contributed by atoms with Crippen LogP contribution >= 0.6 is 0 Å². The summed E-state index contributed by atoms with van der Waals surface area (Å²) in [5.41, 5.74) is 21.2. The summed E-state index contributed by atoms with van der Waals surface area (Å²) in [7, 11) is 0. The molecule has 4 heteroatoms. The maximum absolute atomic E-state index is 6.01. The number of aromatic nitrogens is 1. The fourth-order valence-corrected chi connectivity index (χ4v) is 9.23. The normalized spacial score (nSPS) is 13.5. The van der Waals surface area contributed by atoms with E-state index in [1.54, 1.807) is 0 Å². The number of rotatable bonds is 7. The van der Waals surface area contributed by atoms with Crippen LogP contribution in [0.4, 0.5) is 5.69 Å². The molecule has 1 aliphatic carbocycles. The molecule has 0 saturated carbocycles. The number of hydrogen-bond acceptors (Lipinski definition) is 3. The molecule has 0 fully saturated rings. The zero-order valence-electron chi connectivity index (χ0n) is 38.1. The van der Waals surface area contributed by atoms with Crippen LogP contribution in [-0.4, -0.2) is 11.1 Å². The van der Waals surface area contributed by atoms with Gasteiger partial charge in [-0.3, -0.25) is 0 Å². The lowest BCUT2D eigenvalue weighted by Gasteiger charge is -2.22. The summed E-state index contributed by atoms with van der Waals surface area (Å²) in [5.74, 6) is 1.71. The van der Waals surface area contributed by atoms with Crippen molar-refractivity contribution in [3.8, 4) is 22.6 Å². The number of furan rings is 1. The molecule has 2 aliphatic rings. The van der Waals surface area contributed by atoms with E-state index in [9.17, 15) is 0 Å². The minimum atomic E-state index is 0.0671. The highest BCUT2D eigenvalue weighted by Gasteiger charge is 2.25. The van der Waals surface area contributed by atoms with E-state index in [1.807, 2.05) is 18.2 Å². The van der Waals surface area contributed by atoms with E-state index in [2.05, 4.69) is 199 Å². The van der Waals surface area contributed by atoms with E-state index in [0.717, 1.165) is 59.5 Å². The van der Waals surface area contributed by atoms with Gasteiger partial charge in [0.2, 0.25) is 0 Å². The molecular weight excluding hydrogens is 769 g/mol. The van der Waals surface area contributed by atoms with Gasteiger partial charge in [0.1, 0.15) is 17.1 Å². The zero-order chi connectivity index (χ0) is 44.0. The van der Waals surface area contributed by atoms with E-state index in [0.29, 0.717) is 0 Å². The van der Waals surface area contributed by atoms with Gasteiger partial charge in [0.05, 0.1) is 23.0 Å². The second-order valence-electron chi connectivity index (χ2n) is 19.1. The predicted molar refractivity (Wildman–Crippen MR) is 267 cm³/mol. The van der Waals surface area contributed by atoms with Gasteiger partial charge in [0.15, 0.2) is 0 Å². The highest BCUT2D eigenvalue weighted by molar-refractivity contribution is 6.10. The molecule has 2 aromatic heterocycles. The summed E-state index contributed by atoms with van der Waals surface area (Å²) < 4.78 is 14.1. The number of nitrogens with zero attached hydrogens (tertiary/aromatic N) is 2. The number of allylic oxidation sites excluding steroid dienone is 1.